The van der Waals surface area contributed by atoms with Gasteiger partial charge in [-0.3, -0.25) is 7.05 Å². The maximum Gasteiger partial charge on any atom is 3.00 e. The van der Waals surface area contributed by atoms with Crippen molar-refractivity contribution in [3.63, 3.8) is 0 Å². The van der Waals surface area contributed by atoms with E-state index < -0.39 is 0 Å². The molecule has 0 heterocycles. The van der Waals surface area contributed by atoms with Crippen molar-refractivity contribution in [3.05, 3.63) is 20.9 Å². The quantitative estimate of drug-likeness (QED) is 0.156. The average Bonchev–Trinajstić information content (AvgIpc) is 3.01. The predicted octanol–water partition coefficient (Wildman–Crippen LogP) is 15.3. The van der Waals surface area contributed by atoms with Gasteiger partial charge in [0.1, 0.15) is 0 Å². The first-order chi connectivity index (χ1) is 18.1. The summed E-state index contributed by atoms with van der Waals surface area (Å²) in [5.74, 6) is 0. The first kappa shape index (κ1) is 62.0. The van der Waals surface area contributed by atoms with Gasteiger partial charge in [0.15, 0.2) is 0 Å². The number of nitrogens with zero attached hydrogens (tertiary/aromatic N) is 1. The Hall–Kier alpha value is 1.06. The fraction of sp³-hybridized carbons (Fsp3) is 0.925. The van der Waals surface area contributed by atoms with Crippen LogP contribution in [0.15, 0.2) is 0 Å². The molecule has 0 rings (SSSR count). The minimum Gasteiger partial charge on any atom is -0.454 e. The maximum absolute atomic E-state index is 4.07. The van der Waals surface area contributed by atoms with E-state index >= 15 is 0 Å². The van der Waals surface area contributed by atoms with Crippen LogP contribution in [-0.4, -0.2) is 17.0 Å². The summed E-state index contributed by atoms with van der Waals surface area (Å²) < 4.78 is 0. The molecule has 0 fully saturated rings. The van der Waals surface area contributed by atoms with Crippen molar-refractivity contribution in [3.8, 4) is 0 Å². The molecule has 0 aromatic rings. The van der Waals surface area contributed by atoms with Crippen LogP contribution >= 0.6 is 0 Å². The minimum absolute atomic E-state index is 0. The fourth-order valence-corrected chi connectivity index (χ4v) is 6.55. The van der Waals surface area contributed by atoms with Gasteiger partial charge in [-0.15, -0.1) is 0 Å². The molecular weight excluding hydrogens is 583 g/mol. The third-order valence-corrected chi connectivity index (χ3v) is 11.6. The predicted molar refractivity (Wildman–Crippen MR) is 202 cm³/mol. The Morgan fingerprint density at radius 2 is 0.667 bits per heavy atom. The second-order valence-corrected chi connectivity index (χ2v) is 12.3. The van der Waals surface area contributed by atoms with Gasteiger partial charge in [0.25, 0.3) is 0 Å². The smallest absolute Gasteiger partial charge is 0.454 e. The number of hydrogen-bond donors (Lipinski definition) is 0. The van der Waals surface area contributed by atoms with Crippen molar-refractivity contribution in [1.82, 2.24) is 4.90 Å². The molecule has 0 atom stereocenters. The van der Waals surface area contributed by atoms with Crippen LogP contribution in [0.25, 0.3) is 0 Å². The molecule has 0 aromatic heterocycles. The zero-order valence-corrected chi connectivity index (χ0v) is 35.0. The molecule has 0 spiro atoms. The third kappa shape index (κ3) is 18.3. The molecule has 0 radical (unpaired) electrons. The Balaban J connectivity index is -0.0000000671. The molecule has 2 heteroatoms. The van der Waals surface area contributed by atoms with Crippen molar-refractivity contribution in [2.75, 3.05) is 6.54 Å². The summed E-state index contributed by atoms with van der Waals surface area (Å²) in [6.45, 7) is 48.5. The zero-order chi connectivity index (χ0) is 32.6. The second-order valence-electron chi connectivity index (χ2n) is 12.3. The van der Waals surface area contributed by atoms with Crippen molar-refractivity contribution in [2.24, 2.45) is 21.7 Å². The van der Waals surface area contributed by atoms with Crippen LogP contribution < -0.4 is 0 Å². The van der Waals surface area contributed by atoms with E-state index in [1.807, 2.05) is 0 Å². The Bertz CT molecular complexity index is 446. The second kappa shape index (κ2) is 33.4. The summed E-state index contributed by atoms with van der Waals surface area (Å²) >= 11 is 0. The van der Waals surface area contributed by atoms with Gasteiger partial charge < -0.3 is 18.7 Å². The van der Waals surface area contributed by atoms with Crippen LogP contribution in [-0.2, 0) is 32.7 Å². The van der Waals surface area contributed by atoms with Crippen molar-refractivity contribution in [2.45, 2.75) is 216 Å². The van der Waals surface area contributed by atoms with Gasteiger partial charge in [-0.25, -0.2) is 0 Å². The van der Waals surface area contributed by atoms with E-state index in [4.69, 9.17) is 0 Å². The molecule has 1 nitrogen and oxygen atoms in total. The number of hydrogen-bond acceptors (Lipinski definition) is 1. The van der Waals surface area contributed by atoms with E-state index in [2.05, 4.69) is 137 Å². The van der Waals surface area contributed by atoms with E-state index in [1.54, 1.807) is 13.8 Å². The Morgan fingerprint density at radius 1 is 0.429 bits per heavy atom. The standard InChI is InChI=1S/C17H36.C10H22N.C7H16.2C2H5.2CH4.Y/c1-9-15(7,10-2)17(13-5,14-6)16(8,11-3)12-4;1-6-10(7-2,8-3)11(5)9-4;1-5-7(3,4)6-2;2*1-2;;;/h9-14H2,1-8H3;5-9H2,1-4H3;5-6H2,1-4H3;2*1H2,2H3;2*1H4;/q;-1;;2*-1;;;+3. The maximum atomic E-state index is 4.07. The third-order valence-electron chi connectivity index (χ3n) is 11.6. The summed E-state index contributed by atoms with van der Waals surface area (Å²) in [6, 6.07) is 0. The van der Waals surface area contributed by atoms with Crippen molar-refractivity contribution in [1.29, 1.82) is 0 Å². The van der Waals surface area contributed by atoms with Gasteiger partial charge >= 0.3 is 32.7 Å². The van der Waals surface area contributed by atoms with Gasteiger partial charge in [-0.05, 0) is 65.8 Å². The molecule has 0 aliphatic rings. The summed E-state index contributed by atoms with van der Waals surface area (Å²) in [7, 11) is 4.07. The fourth-order valence-electron chi connectivity index (χ4n) is 6.55. The van der Waals surface area contributed by atoms with E-state index in [-0.39, 0.29) is 47.6 Å². The molecule has 0 saturated carbocycles. The minimum atomic E-state index is 0. The van der Waals surface area contributed by atoms with Gasteiger partial charge in [0, 0.05) is 0 Å². The monoisotopic (exact) mass is 676 g/mol. The molecule has 0 aliphatic carbocycles. The molecule has 0 amide bonds. The van der Waals surface area contributed by atoms with Crippen molar-refractivity contribution >= 4 is 0 Å². The van der Waals surface area contributed by atoms with Crippen LogP contribution in [0.1, 0.15) is 210 Å². The molecule has 0 aliphatic heterocycles. The van der Waals surface area contributed by atoms with Gasteiger partial charge in [-0.1, -0.05) is 164 Å². The zero-order valence-electron chi connectivity index (χ0n) is 32.1. The first-order valence-electron chi connectivity index (χ1n) is 17.1. The Kier molecular flexibility index (Phi) is 49.3. The van der Waals surface area contributed by atoms with E-state index in [0.29, 0.717) is 27.2 Å². The molecule has 0 saturated heterocycles. The van der Waals surface area contributed by atoms with Crippen LogP contribution in [0.2, 0.25) is 0 Å². The SMILES string of the molecule is C.C.CCC(C)(C)CC.CCC(C)(CC)C(CC)(CC)C(C)(CC)CC.[CH2-]C.[CH2-]C.[CH2-]N(CC)C(CC)(CC)CC.[Y+3]. The Labute approximate surface area is 300 Å². The van der Waals surface area contributed by atoms with E-state index in [9.17, 15) is 0 Å². The molecule has 260 valence electrons. The van der Waals surface area contributed by atoms with Gasteiger partial charge in [0.2, 0.25) is 0 Å². The normalized spacial score (nSPS) is 11.3. The first-order valence-corrected chi connectivity index (χ1v) is 17.1. The summed E-state index contributed by atoms with van der Waals surface area (Å²) in [6.07, 6.45) is 14.1. The van der Waals surface area contributed by atoms with E-state index in [1.165, 1.54) is 70.6 Å². The summed E-state index contributed by atoms with van der Waals surface area (Å²) in [4.78, 5) is 2.23. The summed E-state index contributed by atoms with van der Waals surface area (Å²) in [5.41, 5.74) is 2.40. The van der Waals surface area contributed by atoms with Crippen molar-refractivity contribution < 1.29 is 32.7 Å². The van der Waals surface area contributed by atoms with Crippen LogP contribution in [0.3, 0.4) is 0 Å². The number of rotatable bonds is 15. The van der Waals surface area contributed by atoms with Crippen LogP contribution in [0, 0.1) is 42.6 Å². The van der Waals surface area contributed by atoms with Gasteiger partial charge in [-0.2, -0.15) is 13.8 Å². The van der Waals surface area contributed by atoms with Crippen LogP contribution in [0.4, 0.5) is 0 Å². The largest absolute Gasteiger partial charge is 3.00 e. The topological polar surface area (TPSA) is 3.24 Å². The molecular formula is C40H92NY. The van der Waals surface area contributed by atoms with Gasteiger partial charge in [0.05, 0.1) is 0 Å². The molecule has 0 unspecified atom stereocenters. The molecule has 42 heavy (non-hydrogen) atoms. The molecule has 0 N–H and O–H groups in total. The molecule has 0 bridgehead atoms. The van der Waals surface area contributed by atoms with Crippen LogP contribution in [0.5, 0.6) is 0 Å². The Morgan fingerprint density at radius 3 is 0.738 bits per heavy atom. The summed E-state index contributed by atoms with van der Waals surface area (Å²) in [5, 5.41) is 0. The molecule has 0 aromatic carbocycles. The van der Waals surface area contributed by atoms with E-state index in [0.717, 1.165) is 6.54 Å². The average molecular weight is 676 g/mol.